The van der Waals surface area contributed by atoms with Crippen LogP contribution in [0.15, 0.2) is 30.6 Å². The van der Waals surface area contributed by atoms with Crippen LogP contribution in [0.5, 0.6) is 5.75 Å². The minimum absolute atomic E-state index is 0.521. The molecule has 3 aromatic heterocycles. The summed E-state index contributed by atoms with van der Waals surface area (Å²) in [6.07, 6.45) is 8.38. The van der Waals surface area contributed by atoms with E-state index < -0.39 is 0 Å². The van der Waals surface area contributed by atoms with Gasteiger partial charge in [0, 0.05) is 56.5 Å². The largest absolute Gasteiger partial charge is 0.491 e. The highest BCUT2D eigenvalue weighted by Crippen LogP contribution is 2.22. The van der Waals surface area contributed by atoms with Crippen LogP contribution in [0.25, 0.3) is 28.8 Å². The van der Waals surface area contributed by atoms with Crippen molar-refractivity contribution in [2.45, 2.75) is 19.8 Å². The molecule has 2 aliphatic rings. The fourth-order valence-corrected chi connectivity index (χ4v) is 4.49. The number of nitrogens with zero attached hydrogens (tertiary/aromatic N) is 4. The maximum Gasteiger partial charge on any atom is 0.140 e. The van der Waals surface area contributed by atoms with Gasteiger partial charge in [0.15, 0.2) is 0 Å². The maximum atomic E-state index is 5.73. The monoisotopic (exact) mass is 419 g/mol. The summed E-state index contributed by atoms with van der Waals surface area (Å²) in [6, 6.07) is 6.10. The van der Waals surface area contributed by atoms with Crippen LogP contribution in [0, 0.1) is 6.92 Å². The van der Waals surface area contributed by atoms with Crippen molar-refractivity contribution in [3.8, 4) is 17.1 Å². The first-order chi connectivity index (χ1) is 15.2. The average molecular weight is 420 g/mol. The van der Waals surface area contributed by atoms with Crippen LogP contribution >= 0.6 is 0 Å². The van der Waals surface area contributed by atoms with E-state index in [0.717, 1.165) is 67.2 Å². The molecule has 0 aromatic carbocycles. The summed E-state index contributed by atoms with van der Waals surface area (Å²) < 4.78 is 12.9. The highest BCUT2D eigenvalue weighted by molar-refractivity contribution is 5.63. The number of nitrogens with one attached hydrogen (secondary N) is 1. The number of hydrogen-bond acceptors (Lipinski definition) is 6. The second-order valence-corrected chi connectivity index (χ2v) is 8.09. The van der Waals surface area contributed by atoms with Gasteiger partial charge in [0.25, 0.3) is 0 Å². The molecule has 7 heteroatoms. The lowest BCUT2D eigenvalue weighted by atomic mass is 10.0. The van der Waals surface area contributed by atoms with Gasteiger partial charge in [-0.3, -0.25) is 4.40 Å². The number of ether oxygens (including phenoxy) is 2. The van der Waals surface area contributed by atoms with Crippen LogP contribution in [0.1, 0.15) is 18.4 Å². The Bertz CT molecular complexity index is 1210. The van der Waals surface area contributed by atoms with E-state index in [1.165, 1.54) is 16.5 Å². The standard InChI is InChI=1S/C24H29N5O2/c1-17-14-20(22-16-26-23-15-18(6-9-29(22)23)31-13-12-30-2)27-24-19(17)4-3-5-21(24)28-10-7-25-8-11-28/h4,6,9,14-16,25H,3,5,7-8,10-13H2,1-2H3. The smallest absolute Gasteiger partial charge is 0.140 e. The molecule has 0 spiro atoms. The molecule has 1 aliphatic carbocycles. The summed E-state index contributed by atoms with van der Waals surface area (Å²) in [5, 5.41) is 5.87. The van der Waals surface area contributed by atoms with Crippen molar-refractivity contribution in [3.05, 3.63) is 46.7 Å². The normalized spacial score (nSPS) is 16.3. The molecule has 162 valence electrons. The van der Waals surface area contributed by atoms with E-state index in [9.17, 15) is 0 Å². The van der Waals surface area contributed by atoms with Crippen molar-refractivity contribution < 1.29 is 9.47 Å². The van der Waals surface area contributed by atoms with E-state index in [1.54, 1.807) is 7.11 Å². The van der Waals surface area contributed by atoms with Crippen molar-refractivity contribution in [1.29, 1.82) is 0 Å². The van der Waals surface area contributed by atoms with Gasteiger partial charge in [-0.2, -0.15) is 0 Å². The first kappa shape index (κ1) is 20.0. The molecule has 0 unspecified atom stereocenters. The zero-order valence-electron chi connectivity index (χ0n) is 18.2. The number of methoxy groups -OCH3 is 1. The number of fused-ring (bicyclic) bond motifs is 2. The Kier molecular flexibility index (Phi) is 5.61. The molecule has 1 fully saturated rings. The van der Waals surface area contributed by atoms with Gasteiger partial charge in [0.05, 0.1) is 29.5 Å². The van der Waals surface area contributed by atoms with Gasteiger partial charge in [-0.15, -0.1) is 0 Å². The Morgan fingerprint density at radius 1 is 1.16 bits per heavy atom. The van der Waals surface area contributed by atoms with Crippen LogP contribution in [-0.4, -0.2) is 65.8 Å². The minimum Gasteiger partial charge on any atom is -0.491 e. The third kappa shape index (κ3) is 3.91. The van der Waals surface area contributed by atoms with Crippen molar-refractivity contribution in [3.63, 3.8) is 0 Å². The number of hydrogen-bond donors (Lipinski definition) is 1. The summed E-state index contributed by atoms with van der Waals surface area (Å²) in [6.45, 7) is 7.42. The molecular weight excluding hydrogens is 390 g/mol. The molecule has 1 N–H and O–H groups in total. The van der Waals surface area contributed by atoms with Crippen LogP contribution in [0.2, 0.25) is 0 Å². The van der Waals surface area contributed by atoms with Gasteiger partial charge in [0.1, 0.15) is 18.0 Å². The first-order valence-electron chi connectivity index (χ1n) is 11.0. The second-order valence-electron chi connectivity index (χ2n) is 8.09. The summed E-state index contributed by atoms with van der Waals surface area (Å²) in [5.74, 6) is 0.792. The molecule has 1 saturated heterocycles. The van der Waals surface area contributed by atoms with Crippen LogP contribution < -0.4 is 20.6 Å². The van der Waals surface area contributed by atoms with Gasteiger partial charge in [-0.1, -0.05) is 6.08 Å². The summed E-state index contributed by atoms with van der Waals surface area (Å²) in [7, 11) is 1.67. The van der Waals surface area contributed by atoms with E-state index in [-0.39, 0.29) is 0 Å². The maximum absolute atomic E-state index is 5.73. The number of piperazine rings is 1. The summed E-state index contributed by atoms with van der Waals surface area (Å²) in [5.41, 5.74) is 5.45. The lowest BCUT2D eigenvalue weighted by molar-refractivity contribution is 0.146. The molecular formula is C24H29N5O2. The third-order valence-electron chi connectivity index (χ3n) is 6.07. The number of rotatable bonds is 6. The molecule has 4 heterocycles. The van der Waals surface area contributed by atoms with Gasteiger partial charge < -0.3 is 19.7 Å². The predicted molar refractivity (Wildman–Crippen MR) is 121 cm³/mol. The highest BCUT2D eigenvalue weighted by atomic mass is 16.5. The molecule has 5 rings (SSSR count). The fourth-order valence-electron chi connectivity index (χ4n) is 4.49. The van der Waals surface area contributed by atoms with Gasteiger partial charge in [-0.25, -0.2) is 9.97 Å². The predicted octanol–water partition coefficient (Wildman–Crippen LogP) is 1.32. The van der Waals surface area contributed by atoms with Crippen molar-refractivity contribution in [2.75, 3.05) is 46.5 Å². The minimum atomic E-state index is 0.521. The SMILES string of the molecule is COCCOc1ccn2c(-c3cc(C)c4c(n3)=C(N3CCNCC3)CCC=4)cnc2c1. The summed E-state index contributed by atoms with van der Waals surface area (Å²) >= 11 is 0. The van der Waals surface area contributed by atoms with E-state index in [0.29, 0.717) is 13.2 Å². The number of aromatic nitrogens is 3. The average Bonchev–Trinajstić information content (AvgIpc) is 3.23. The lowest BCUT2D eigenvalue weighted by Gasteiger charge is -2.32. The Morgan fingerprint density at radius 3 is 2.87 bits per heavy atom. The Labute approximate surface area is 182 Å². The zero-order valence-corrected chi connectivity index (χ0v) is 18.2. The van der Waals surface area contributed by atoms with Gasteiger partial charge >= 0.3 is 0 Å². The van der Waals surface area contributed by atoms with Crippen LogP contribution in [0.3, 0.4) is 0 Å². The van der Waals surface area contributed by atoms with E-state index in [1.807, 2.05) is 24.5 Å². The zero-order chi connectivity index (χ0) is 21.2. The molecule has 0 amide bonds. The molecule has 3 aromatic rings. The number of pyridine rings is 2. The number of imidazole rings is 1. The third-order valence-corrected chi connectivity index (χ3v) is 6.07. The second kappa shape index (κ2) is 8.69. The van der Waals surface area contributed by atoms with E-state index in [2.05, 4.69) is 38.7 Å². The van der Waals surface area contributed by atoms with E-state index >= 15 is 0 Å². The Morgan fingerprint density at radius 2 is 2.03 bits per heavy atom. The van der Waals surface area contributed by atoms with Gasteiger partial charge in [-0.05, 0) is 37.5 Å². The topological polar surface area (TPSA) is 63.9 Å². The summed E-state index contributed by atoms with van der Waals surface area (Å²) in [4.78, 5) is 12.3. The lowest BCUT2D eigenvalue weighted by Crippen LogP contribution is -2.47. The van der Waals surface area contributed by atoms with Crippen molar-refractivity contribution >= 4 is 17.4 Å². The Balaban J connectivity index is 1.57. The van der Waals surface area contributed by atoms with Crippen molar-refractivity contribution in [2.24, 2.45) is 0 Å². The first-order valence-corrected chi connectivity index (χ1v) is 11.0. The Hall–Kier alpha value is -2.90. The molecule has 0 radical (unpaired) electrons. The molecule has 0 saturated carbocycles. The molecule has 0 atom stereocenters. The van der Waals surface area contributed by atoms with E-state index in [4.69, 9.17) is 14.5 Å². The van der Waals surface area contributed by atoms with Crippen LogP contribution in [-0.2, 0) is 4.74 Å². The van der Waals surface area contributed by atoms with Crippen LogP contribution in [0.4, 0.5) is 0 Å². The highest BCUT2D eigenvalue weighted by Gasteiger charge is 2.18. The molecule has 0 bridgehead atoms. The molecule has 7 nitrogen and oxygen atoms in total. The van der Waals surface area contributed by atoms with Crippen molar-refractivity contribution in [1.82, 2.24) is 24.6 Å². The quantitative estimate of drug-likeness (QED) is 0.608. The number of aryl methyl sites for hydroxylation is 1. The fraction of sp³-hybridized carbons (Fsp3) is 0.417. The molecule has 31 heavy (non-hydrogen) atoms. The van der Waals surface area contributed by atoms with Gasteiger partial charge in [0.2, 0.25) is 0 Å². The molecule has 1 aliphatic heterocycles.